The van der Waals surface area contributed by atoms with Gasteiger partial charge in [0.05, 0.1) is 19.3 Å². The van der Waals surface area contributed by atoms with Gasteiger partial charge in [0.15, 0.2) is 0 Å². The SMILES string of the molecule is CCCCCCCCCC(CCCCCCCC(=O)OCC(C)C)COCC(C)(C)C(O)C(C)C. The number of rotatable bonds is 24. The van der Waals surface area contributed by atoms with Crippen molar-refractivity contribution in [2.45, 2.75) is 151 Å². The Morgan fingerprint density at radius 3 is 1.80 bits per heavy atom. The molecule has 4 nitrogen and oxygen atoms in total. The highest BCUT2D eigenvalue weighted by molar-refractivity contribution is 5.69. The van der Waals surface area contributed by atoms with Gasteiger partial charge in [-0.2, -0.15) is 0 Å². The van der Waals surface area contributed by atoms with Gasteiger partial charge in [0, 0.05) is 18.4 Å². The minimum absolute atomic E-state index is 0.0453. The molecule has 4 heteroatoms. The molecule has 1 N–H and O–H groups in total. The molecule has 0 bridgehead atoms. The molecule has 210 valence electrons. The highest BCUT2D eigenvalue weighted by atomic mass is 16.5. The molecule has 0 heterocycles. The zero-order chi connectivity index (χ0) is 26.5. The molecule has 0 spiro atoms. The number of hydrogen-bond acceptors (Lipinski definition) is 4. The molecular weight excluding hydrogens is 436 g/mol. The average molecular weight is 499 g/mol. The zero-order valence-electron chi connectivity index (χ0n) is 24.7. The fourth-order valence-corrected chi connectivity index (χ4v) is 4.74. The van der Waals surface area contributed by atoms with E-state index in [2.05, 4.69) is 48.5 Å². The van der Waals surface area contributed by atoms with E-state index in [0.29, 0.717) is 31.5 Å². The quantitative estimate of drug-likeness (QED) is 0.107. The first-order chi connectivity index (χ1) is 16.6. The third-order valence-corrected chi connectivity index (χ3v) is 7.05. The van der Waals surface area contributed by atoms with Crippen molar-refractivity contribution in [3.63, 3.8) is 0 Å². The summed E-state index contributed by atoms with van der Waals surface area (Å²) in [6.45, 7) is 16.7. The monoisotopic (exact) mass is 498 g/mol. The van der Waals surface area contributed by atoms with Gasteiger partial charge in [0.1, 0.15) is 0 Å². The Bertz CT molecular complexity index is 486. The van der Waals surface area contributed by atoms with Crippen LogP contribution < -0.4 is 0 Å². The summed E-state index contributed by atoms with van der Waals surface area (Å²) in [7, 11) is 0. The second-order valence-electron chi connectivity index (χ2n) is 12.4. The van der Waals surface area contributed by atoms with Crippen molar-refractivity contribution in [2.24, 2.45) is 23.2 Å². The van der Waals surface area contributed by atoms with Crippen molar-refractivity contribution >= 4 is 5.97 Å². The number of carbonyl (C=O) groups excluding carboxylic acids is 1. The van der Waals surface area contributed by atoms with Crippen molar-refractivity contribution < 1.29 is 19.4 Å². The lowest BCUT2D eigenvalue weighted by Gasteiger charge is -2.33. The summed E-state index contributed by atoms with van der Waals surface area (Å²) >= 11 is 0. The maximum atomic E-state index is 11.7. The summed E-state index contributed by atoms with van der Waals surface area (Å²) in [6.07, 6.45) is 17.8. The summed E-state index contributed by atoms with van der Waals surface area (Å²) in [4.78, 5) is 11.7. The summed E-state index contributed by atoms with van der Waals surface area (Å²) < 4.78 is 11.4. The van der Waals surface area contributed by atoms with Crippen LogP contribution in [0.15, 0.2) is 0 Å². The smallest absolute Gasteiger partial charge is 0.305 e. The molecule has 0 aromatic carbocycles. The molecule has 0 aliphatic rings. The maximum absolute atomic E-state index is 11.7. The van der Waals surface area contributed by atoms with Gasteiger partial charge in [-0.05, 0) is 37.0 Å². The van der Waals surface area contributed by atoms with Crippen LogP contribution >= 0.6 is 0 Å². The summed E-state index contributed by atoms with van der Waals surface area (Å²) in [5, 5.41) is 10.5. The molecular formula is C31H62O4. The Kier molecular flexibility index (Phi) is 21.1. The summed E-state index contributed by atoms with van der Waals surface area (Å²) in [6, 6.07) is 0. The molecule has 0 aromatic rings. The van der Waals surface area contributed by atoms with Gasteiger partial charge in [0.25, 0.3) is 0 Å². The minimum atomic E-state index is -0.341. The first kappa shape index (κ1) is 34.4. The van der Waals surface area contributed by atoms with E-state index >= 15 is 0 Å². The molecule has 2 unspecified atom stereocenters. The minimum Gasteiger partial charge on any atom is -0.465 e. The Morgan fingerprint density at radius 1 is 0.771 bits per heavy atom. The maximum Gasteiger partial charge on any atom is 0.305 e. The van der Waals surface area contributed by atoms with E-state index in [1.807, 2.05) is 0 Å². The van der Waals surface area contributed by atoms with E-state index in [0.717, 1.165) is 19.4 Å². The molecule has 0 saturated heterocycles. The summed E-state index contributed by atoms with van der Waals surface area (Å²) in [5.74, 6) is 1.22. The van der Waals surface area contributed by atoms with Crippen molar-refractivity contribution in [3.05, 3.63) is 0 Å². The second kappa shape index (κ2) is 21.5. The zero-order valence-corrected chi connectivity index (χ0v) is 24.7. The number of hydrogen-bond donors (Lipinski definition) is 1. The van der Waals surface area contributed by atoms with Crippen molar-refractivity contribution in [2.75, 3.05) is 19.8 Å². The predicted octanol–water partition coefficient (Wildman–Crippen LogP) is 8.73. The van der Waals surface area contributed by atoms with Crippen LogP contribution in [0.1, 0.15) is 145 Å². The largest absolute Gasteiger partial charge is 0.465 e. The lowest BCUT2D eigenvalue weighted by Crippen LogP contribution is -2.38. The van der Waals surface area contributed by atoms with E-state index < -0.39 is 0 Å². The fourth-order valence-electron chi connectivity index (χ4n) is 4.74. The molecule has 0 saturated carbocycles. The van der Waals surface area contributed by atoms with E-state index in [9.17, 15) is 9.90 Å². The third-order valence-electron chi connectivity index (χ3n) is 7.05. The van der Waals surface area contributed by atoms with Crippen LogP contribution in [0.2, 0.25) is 0 Å². The second-order valence-corrected chi connectivity index (χ2v) is 12.4. The number of carbonyl (C=O) groups is 1. The van der Waals surface area contributed by atoms with Crippen LogP contribution in [0.3, 0.4) is 0 Å². The van der Waals surface area contributed by atoms with Gasteiger partial charge in [-0.25, -0.2) is 0 Å². The van der Waals surface area contributed by atoms with Crippen molar-refractivity contribution in [3.8, 4) is 0 Å². The highest BCUT2D eigenvalue weighted by Crippen LogP contribution is 2.27. The lowest BCUT2D eigenvalue weighted by atomic mass is 9.81. The molecule has 35 heavy (non-hydrogen) atoms. The lowest BCUT2D eigenvalue weighted by molar-refractivity contribution is -0.144. The predicted molar refractivity (Wildman–Crippen MR) is 150 cm³/mol. The number of unbranched alkanes of at least 4 members (excludes halogenated alkanes) is 10. The number of aliphatic hydroxyl groups is 1. The van der Waals surface area contributed by atoms with Gasteiger partial charge >= 0.3 is 5.97 Å². The Hall–Kier alpha value is -0.610. The van der Waals surface area contributed by atoms with E-state index in [1.54, 1.807) is 0 Å². The standard InChI is InChI=1S/C31H62O4/c1-8-9-10-11-12-14-17-20-28(24-34-25-31(6,7)30(33)27(4)5)21-18-15-13-16-19-22-29(32)35-23-26(2)3/h26-28,30,33H,8-25H2,1-7H3. The molecule has 0 aliphatic heterocycles. The Morgan fingerprint density at radius 2 is 1.29 bits per heavy atom. The van der Waals surface area contributed by atoms with Crippen LogP contribution in [0, 0.1) is 23.2 Å². The van der Waals surface area contributed by atoms with Crippen LogP contribution in [0.4, 0.5) is 0 Å². The number of ether oxygens (including phenoxy) is 2. The third kappa shape index (κ3) is 20.2. The van der Waals surface area contributed by atoms with E-state index in [4.69, 9.17) is 9.47 Å². The normalized spacial score (nSPS) is 14.0. The first-order valence-electron chi connectivity index (χ1n) is 15.0. The van der Waals surface area contributed by atoms with Gasteiger partial charge < -0.3 is 14.6 Å². The van der Waals surface area contributed by atoms with Gasteiger partial charge in [-0.15, -0.1) is 0 Å². The Balaban J connectivity index is 4.24. The van der Waals surface area contributed by atoms with Gasteiger partial charge in [0.2, 0.25) is 0 Å². The van der Waals surface area contributed by atoms with Crippen LogP contribution in [-0.2, 0) is 14.3 Å². The van der Waals surface area contributed by atoms with Gasteiger partial charge in [-0.3, -0.25) is 4.79 Å². The molecule has 2 atom stereocenters. The topological polar surface area (TPSA) is 55.8 Å². The van der Waals surface area contributed by atoms with Crippen molar-refractivity contribution in [1.82, 2.24) is 0 Å². The molecule has 0 aliphatic carbocycles. The average Bonchev–Trinajstić information content (AvgIpc) is 2.80. The molecule has 0 rings (SSSR count). The molecule has 0 aromatic heterocycles. The number of esters is 1. The van der Waals surface area contributed by atoms with Crippen LogP contribution in [0.25, 0.3) is 0 Å². The van der Waals surface area contributed by atoms with Crippen molar-refractivity contribution in [1.29, 1.82) is 0 Å². The fraction of sp³-hybridized carbons (Fsp3) is 0.968. The highest BCUT2D eigenvalue weighted by Gasteiger charge is 2.30. The van der Waals surface area contributed by atoms with Crippen LogP contribution in [0.5, 0.6) is 0 Å². The van der Waals surface area contributed by atoms with E-state index in [-0.39, 0.29) is 23.4 Å². The molecule has 0 radical (unpaired) electrons. The summed E-state index contributed by atoms with van der Waals surface area (Å²) in [5.41, 5.74) is -0.214. The molecule has 0 amide bonds. The van der Waals surface area contributed by atoms with Gasteiger partial charge in [-0.1, -0.05) is 119 Å². The van der Waals surface area contributed by atoms with Crippen LogP contribution in [-0.4, -0.2) is 37.0 Å². The first-order valence-corrected chi connectivity index (χ1v) is 15.0. The Labute approximate surface area is 219 Å². The molecule has 0 fully saturated rings. The number of aliphatic hydroxyl groups excluding tert-OH is 1. The van der Waals surface area contributed by atoms with E-state index in [1.165, 1.54) is 77.0 Å².